The first-order valence-corrected chi connectivity index (χ1v) is 8.63. The maximum atomic E-state index is 13.6. The van der Waals surface area contributed by atoms with Crippen LogP contribution in [0.5, 0.6) is 0 Å². The Kier molecular flexibility index (Phi) is 5.67. The van der Waals surface area contributed by atoms with E-state index in [0.29, 0.717) is 0 Å². The van der Waals surface area contributed by atoms with Crippen molar-refractivity contribution in [2.75, 3.05) is 18.9 Å². The van der Waals surface area contributed by atoms with E-state index in [4.69, 9.17) is 0 Å². The van der Waals surface area contributed by atoms with Gasteiger partial charge in [-0.05, 0) is 25.2 Å². The van der Waals surface area contributed by atoms with Crippen molar-refractivity contribution in [3.05, 3.63) is 64.0 Å². The summed E-state index contributed by atoms with van der Waals surface area (Å²) < 4.78 is 39.2. The topological polar surface area (TPSA) is 122 Å². The van der Waals surface area contributed by atoms with Crippen molar-refractivity contribution in [1.29, 1.82) is 0 Å². The number of nitro groups is 1. The number of hydrogen-bond donors (Lipinski definition) is 3. The molecule has 0 heterocycles. The standard InChI is InChI=1S/C15H16FN3O5S/c1-17-25(23,24)10-6-7-13(14(8-10)19(21)22)18-9-15(20)11-4-2-3-5-12(11)16/h2-8,15,17-18,20H,9H2,1H3. The number of nitro benzene ring substituents is 1. The second-order valence-electron chi connectivity index (χ2n) is 5.06. The molecule has 134 valence electrons. The Labute approximate surface area is 143 Å². The van der Waals surface area contributed by atoms with Gasteiger partial charge in [0.1, 0.15) is 11.5 Å². The minimum atomic E-state index is -3.83. The Hall–Kier alpha value is -2.56. The quantitative estimate of drug-likeness (QED) is 0.505. The third-order valence-electron chi connectivity index (χ3n) is 3.50. The van der Waals surface area contributed by atoms with Gasteiger partial charge >= 0.3 is 0 Å². The first-order chi connectivity index (χ1) is 11.8. The maximum Gasteiger partial charge on any atom is 0.293 e. The van der Waals surface area contributed by atoms with Crippen LogP contribution in [0.1, 0.15) is 11.7 Å². The molecule has 2 aromatic rings. The number of benzene rings is 2. The molecule has 0 bridgehead atoms. The second-order valence-corrected chi connectivity index (χ2v) is 6.95. The molecule has 25 heavy (non-hydrogen) atoms. The van der Waals surface area contributed by atoms with Crippen molar-refractivity contribution >= 4 is 21.4 Å². The van der Waals surface area contributed by atoms with Crippen LogP contribution in [0, 0.1) is 15.9 Å². The number of hydrogen-bond acceptors (Lipinski definition) is 6. The number of nitrogens with zero attached hydrogens (tertiary/aromatic N) is 1. The van der Waals surface area contributed by atoms with Crippen molar-refractivity contribution < 1.29 is 22.8 Å². The summed E-state index contributed by atoms with van der Waals surface area (Å²) in [7, 11) is -2.64. The molecular formula is C15H16FN3O5S. The molecule has 0 fully saturated rings. The third kappa shape index (κ3) is 4.29. The molecule has 0 aromatic heterocycles. The molecule has 0 aliphatic rings. The lowest BCUT2D eigenvalue weighted by Crippen LogP contribution is -2.19. The van der Waals surface area contributed by atoms with Gasteiger partial charge in [-0.2, -0.15) is 0 Å². The van der Waals surface area contributed by atoms with Crippen LogP contribution in [-0.2, 0) is 10.0 Å². The highest BCUT2D eigenvalue weighted by Crippen LogP contribution is 2.28. The van der Waals surface area contributed by atoms with Gasteiger partial charge in [-0.1, -0.05) is 18.2 Å². The zero-order valence-corrected chi connectivity index (χ0v) is 14.0. The molecule has 3 N–H and O–H groups in total. The molecule has 10 heteroatoms. The van der Waals surface area contributed by atoms with E-state index in [9.17, 15) is 28.0 Å². The minimum absolute atomic E-state index is 0.00967. The zero-order chi connectivity index (χ0) is 18.6. The summed E-state index contributed by atoms with van der Waals surface area (Å²) in [5, 5.41) is 23.9. The molecular weight excluding hydrogens is 353 g/mol. The molecule has 2 rings (SSSR count). The number of aliphatic hydroxyl groups is 1. The molecule has 0 saturated heterocycles. The van der Waals surface area contributed by atoms with E-state index in [1.54, 1.807) is 6.07 Å². The molecule has 0 spiro atoms. The molecule has 0 aliphatic carbocycles. The number of nitrogens with one attached hydrogen (secondary N) is 2. The van der Waals surface area contributed by atoms with Gasteiger partial charge in [-0.25, -0.2) is 17.5 Å². The molecule has 8 nitrogen and oxygen atoms in total. The van der Waals surface area contributed by atoms with Crippen molar-refractivity contribution in [3.8, 4) is 0 Å². The first-order valence-electron chi connectivity index (χ1n) is 7.14. The van der Waals surface area contributed by atoms with Gasteiger partial charge in [0.25, 0.3) is 5.69 Å². The molecule has 0 amide bonds. The van der Waals surface area contributed by atoms with Crippen LogP contribution < -0.4 is 10.0 Å². The Balaban J connectivity index is 2.25. The Morgan fingerprint density at radius 1 is 1.28 bits per heavy atom. The van der Waals surface area contributed by atoms with E-state index >= 15 is 0 Å². The maximum absolute atomic E-state index is 13.6. The highest BCUT2D eigenvalue weighted by atomic mass is 32.2. The van der Waals surface area contributed by atoms with E-state index < -0.39 is 32.6 Å². The van der Waals surface area contributed by atoms with E-state index in [1.807, 2.05) is 0 Å². The Morgan fingerprint density at radius 3 is 2.56 bits per heavy atom. The number of rotatable bonds is 7. The fourth-order valence-corrected chi connectivity index (χ4v) is 2.91. The zero-order valence-electron chi connectivity index (χ0n) is 13.1. The molecule has 0 saturated carbocycles. The van der Waals surface area contributed by atoms with Gasteiger partial charge in [-0.3, -0.25) is 10.1 Å². The van der Waals surface area contributed by atoms with Crippen LogP contribution in [0.2, 0.25) is 0 Å². The summed E-state index contributed by atoms with van der Waals surface area (Å²) in [6.45, 7) is -0.195. The van der Waals surface area contributed by atoms with Gasteiger partial charge in [0.15, 0.2) is 0 Å². The van der Waals surface area contributed by atoms with Crippen molar-refractivity contribution in [2.45, 2.75) is 11.0 Å². The predicted molar refractivity (Wildman–Crippen MR) is 89.2 cm³/mol. The second kappa shape index (κ2) is 7.55. The average molecular weight is 369 g/mol. The summed E-state index contributed by atoms with van der Waals surface area (Å²) in [5.41, 5.74) is -0.417. The van der Waals surface area contributed by atoms with Gasteiger partial charge in [-0.15, -0.1) is 0 Å². The molecule has 0 aliphatic heterocycles. The van der Waals surface area contributed by atoms with Crippen LogP contribution in [0.25, 0.3) is 0 Å². The largest absolute Gasteiger partial charge is 0.386 e. The summed E-state index contributed by atoms with van der Waals surface area (Å²) in [6, 6.07) is 8.94. The van der Waals surface area contributed by atoms with Crippen LogP contribution in [0.4, 0.5) is 15.8 Å². The fourth-order valence-electron chi connectivity index (χ4n) is 2.16. The monoisotopic (exact) mass is 369 g/mol. The van der Waals surface area contributed by atoms with E-state index in [1.165, 1.54) is 37.4 Å². The molecule has 0 radical (unpaired) electrons. The molecule has 1 unspecified atom stereocenters. The van der Waals surface area contributed by atoms with E-state index in [-0.39, 0.29) is 22.7 Å². The third-order valence-corrected chi connectivity index (χ3v) is 4.91. The number of aliphatic hydroxyl groups excluding tert-OH is 1. The van der Waals surface area contributed by atoms with E-state index in [2.05, 4.69) is 10.0 Å². The van der Waals surface area contributed by atoms with Crippen LogP contribution in [0.3, 0.4) is 0 Å². The number of sulfonamides is 1. The summed E-state index contributed by atoms with van der Waals surface area (Å²) in [4.78, 5) is 10.2. The van der Waals surface area contributed by atoms with Crippen LogP contribution in [-0.4, -0.2) is 32.0 Å². The van der Waals surface area contributed by atoms with Crippen molar-refractivity contribution in [2.24, 2.45) is 0 Å². The van der Waals surface area contributed by atoms with Crippen LogP contribution in [0.15, 0.2) is 47.4 Å². The van der Waals surface area contributed by atoms with Crippen LogP contribution >= 0.6 is 0 Å². The Morgan fingerprint density at radius 2 is 1.96 bits per heavy atom. The first kappa shape index (κ1) is 18.8. The van der Waals surface area contributed by atoms with E-state index in [0.717, 1.165) is 6.07 Å². The smallest absolute Gasteiger partial charge is 0.293 e. The van der Waals surface area contributed by atoms with Gasteiger partial charge in [0.05, 0.1) is 15.9 Å². The number of anilines is 1. The lowest BCUT2D eigenvalue weighted by atomic mass is 10.1. The highest BCUT2D eigenvalue weighted by Gasteiger charge is 2.21. The fraction of sp³-hybridized carbons (Fsp3) is 0.200. The number of halogens is 1. The van der Waals surface area contributed by atoms with Gasteiger partial charge in [0.2, 0.25) is 10.0 Å². The predicted octanol–water partition coefficient (Wildman–Crippen LogP) is 1.79. The Bertz CT molecular complexity index is 888. The summed E-state index contributed by atoms with van der Waals surface area (Å²) in [5.74, 6) is -0.596. The van der Waals surface area contributed by atoms with Crippen molar-refractivity contribution in [3.63, 3.8) is 0 Å². The lowest BCUT2D eigenvalue weighted by molar-refractivity contribution is -0.384. The minimum Gasteiger partial charge on any atom is -0.386 e. The van der Waals surface area contributed by atoms with Gasteiger partial charge < -0.3 is 10.4 Å². The summed E-state index contributed by atoms with van der Waals surface area (Å²) >= 11 is 0. The summed E-state index contributed by atoms with van der Waals surface area (Å²) in [6.07, 6.45) is -1.23. The highest BCUT2D eigenvalue weighted by molar-refractivity contribution is 7.89. The average Bonchev–Trinajstić information content (AvgIpc) is 2.59. The molecule has 1 atom stereocenters. The normalized spacial score (nSPS) is 12.6. The van der Waals surface area contributed by atoms with Gasteiger partial charge in [0, 0.05) is 18.2 Å². The van der Waals surface area contributed by atoms with Crippen molar-refractivity contribution in [1.82, 2.24) is 4.72 Å². The molecule has 2 aromatic carbocycles. The SMILES string of the molecule is CNS(=O)(=O)c1ccc(NCC(O)c2ccccc2F)c([N+](=O)[O-])c1. The lowest BCUT2D eigenvalue weighted by Gasteiger charge is -2.14.